The second-order valence-electron chi connectivity index (χ2n) is 0.250. The van der Waals surface area contributed by atoms with Crippen molar-refractivity contribution in [2.45, 2.75) is 0 Å². The first-order valence-electron chi connectivity index (χ1n) is 0.612. The molecule has 0 saturated heterocycles. The van der Waals surface area contributed by atoms with E-state index < -0.39 is 20.6 Å². The van der Waals surface area contributed by atoms with Gasteiger partial charge in [0.25, 0.3) is 0 Å². The summed E-state index contributed by atoms with van der Waals surface area (Å²) in [5.41, 5.74) is 0. The van der Waals surface area contributed by atoms with Gasteiger partial charge in [-0.25, -0.2) is 0 Å². The zero-order chi connectivity index (χ0) is 3.58. The van der Waals surface area contributed by atoms with Gasteiger partial charge in [0.2, 0.25) is 0 Å². The quantitative estimate of drug-likeness (QED) is 0.392. The Bertz CT molecular complexity index is 30.5. The molecule has 0 unspecified atom stereocenters. The van der Waals surface area contributed by atoms with Gasteiger partial charge in [0.1, 0.15) is 0 Å². The first kappa shape index (κ1) is 15.6. The third-order valence-electron chi connectivity index (χ3n) is 0. The van der Waals surface area contributed by atoms with Crippen LogP contribution in [0.15, 0.2) is 0 Å². The van der Waals surface area contributed by atoms with Gasteiger partial charge < -0.3 is 5.48 Å². The molecule has 0 saturated carbocycles. The van der Waals surface area contributed by atoms with Crippen molar-refractivity contribution >= 4 is 58.3 Å². The Morgan fingerprint density at radius 1 is 1.33 bits per heavy atom. The molecule has 0 fully saturated rings. The van der Waals surface area contributed by atoms with Crippen LogP contribution < -0.4 is 6.89 Å². The zero-order valence-corrected chi connectivity index (χ0v) is 7.99. The van der Waals surface area contributed by atoms with Crippen LogP contribution in [-0.2, 0) is 3.08 Å². The Morgan fingerprint density at radius 2 is 1.33 bits per heavy atom. The number of hydrogen-bond acceptors (Lipinski definition) is 3. The predicted octanol–water partition coefficient (Wildman–Crippen LogP) is -4.08. The van der Waals surface area contributed by atoms with Crippen LogP contribution in [0, 0.1) is 0 Å². The van der Waals surface area contributed by atoms with E-state index in [4.69, 9.17) is 9.96 Å². The zero-order valence-electron chi connectivity index (χ0n) is 2.93. The second-order valence-corrected chi connectivity index (χ2v) is 1.68. The molecule has 0 aliphatic carbocycles. The van der Waals surface area contributed by atoms with Gasteiger partial charge in [-0.15, -0.1) is 0 Å². The van der Waals surface area contributed by atoms with Crippen molar-refractivity contribution in [1.82, 2.24) is 0 Å². The first-order valence-corrected chi connectivity index (χ1v) is 4.11. The molecule has 0 amide bonds. The molecule has 0 radical (unpaired) electrons. The predicted molar refractivity (Wildman–Crippen MR) is 15.8 cm³/mol. The molecule has 0 aromatic heterocycles. The van der Waals surface area contributed by atoms with Crippen LogP contribution >= 0.6 is 0 Å². The van der Waals surface area contributed by atoms with E-state index in [1.165, 1.54) is 0 Å². The summed E-state index contributed by atoms with van der Waals surface area (Å²) in [6.45, 7) is 0. The topological polar surface area (TPSA) is 94.7 Å². The van der Waals surface area contributed by atoms with E-state index in [9.17, 15) is 0 Å². The summed E-state index contributed by atoms with van der Waals surface area (Å²) >= 11 is -4.29. The molecule has 0 spiro atoms. The number of hydrogen-bond donors (Lipinski definition) is 0. The van der Waals surface area contributed by atoms with E-state index in [2.05, 4.69) is 0 Å². The SMILES string of the molecule is O.[Ca+2].[O]=[Sn]([O-])[O-]. The van der Waals surface area contributed by atoms with E-state index >= 15 is 0 Å². The fourth-order valence-corrected chi connectivity index (χ4v) is 0. The van der Waals surface area contributed by atoms with Crippen LogP contribution in [0.2, 0.25) is 0 Å². The van der Waals surface area contributed by atoms with E-state index in [1.54, 1.807) is 0 Å². The molecule has 0 heterocycles. The molecule has 6 heavy (non-hydrogen) atoms. The molecule has 0 rings (SSSR count). The van der Waals surface area contributed by atoms with Gasteiger partial charge in [0, 0.05) is 0 Å². The van der Waals surface area contributed by atoms with Crippen molar-refractivity contribution in [2.75, 3.05) is 0 Å². The molecule has 0 aliphatic heterocycles. The minimum absolute atomic E-state index is 0. The average molecular weight is 225 g/mol. The Morgan fingerprint density at radius 3 is 1.33 bits per heavy atom. The first-order chi connectivity index (χ1) is 1.73. The number of rotatable bonds is 0. The molecule has 2 N–H and O–H groups in total. The maximum atomic E-state index is 8.61. The molecular weight excluding hydrogens is 223 g/mol. The van der Waals surface area contributed by atoms with Crippen molar-refractivity contribution in [1.29, 1.82) is 0 Å². The molecule has 0 aromatic rings. The summed E-state index contributed by atoms with van der Waals surface area (Å²) in [4.78, 5) is 0. The second kappa shape index (κ2) is 9.88. The fraction of sp³-hybridized carbons (Fsp3) is 0. The molecule has 6 heteroatoms. The van der Waals surface area contributed by atoms with Gasteiger partial charge in [-0.3, -0.25) is 0 Å². The van der Waals surface area contributed by atoms with Gasteiger partial charge in [0.05, 0.1) is 0 Å². The summed E-state index contributed by atoms with van der Waals surface area (Å²) < 4.78 is 25.8. The van der Waals surface area contributed by atoms with Gasteiger partial charge in [-0.2, -0.15) is 0 Å². The normalized spacial score (nSPS) is 4.33. The van der Waals surface area contributed by atoms with Crippen LogP contribution in [0.25, 0.3) is 0 Å². The minimum atomic E-state index is -4.29. The van der Waals surface area contributed by atoms with Crippen LogP contribution in [0.3, 0.4) is 0 Å². The van der Waals surface area contributed by atoms with E-state index in [1.807, 2.05) is 0 Å². The standard InChI is InChI=1S/Ca.H2O.3O.Sn/h;1H2;;;;/q+2;;;2*-1;. The molecule has 32 valence electrons. The molecule has 0 aliphatic rings. The molecular formula is H2CaO4Sn. The maximum absolute atomic E-state index is 8.61. The van der Waals surface area contributed by atoms with Crippen LogP contribution in [0.4, 0.5) is 0 Å². The molecule has 0 aromatic carbocycles. The average Bonchev–Trinajstić information content (AvgIpc) is 0.811. The van der Waals surface area contributed by atoms with E-state index in [0.29, 0.717) is 0 Å². The van der Waals surface area contributed by atoms with Crippen LogP contribution in [-0.4, -0.2) is 63.8 Å². The van der Waals surface area contributed by atoms with Gasteiger partial charge >= 0.3 is 68.3 Å². The molecule has 4 nitrogen and oxygen atoms in total. The monoisotopic (exact) mass is 226 g/mol. The Balaban J connectivity index is -0.0000000450. The van der Waals surface area contributed by atoms with Gasteiger partial charge in [-0.05, 0) is 0 Å². The summed E-state index contributed by atoms with van der Waals surface area (Å²) in [6.07, 6.45) is 0. The van der Waals surface area contributed by atoms with Gasteiger partial charge in [0.15, 0.2) is 0 Å². The summed E-state index contributed by atoms with van der Waals surface area (Å²) in [5.74, 6) is 0. The van der Waals surface area contributed by atoms with E-state index in [-0.39, 0.29) is 43.2 Å². The Hall–Kier alpha value is 1.74. The van der Waals surface area contributed by atoms with Crippen molar-refractivity contribution in [3.05, 3.63) is 0 Å². The van der Waals surface area contributed by atoms with E-state index in [0.717, 1.165) is 0 Å². The fourth-order valence-electron chi connectivity index (χ4n) is 0. The summed E-state index contributed by atoms with van der Waals surface area (Å²) in [7, 11) is 0. The Kier molecular flexibility index (Phi) is 25.8. The third kappa shape index (κ3) is 42.6. The molecule has 0 atom stereocenters. The van der Waals surface area contributed by atoms with Crippen molar-refractivity contribution in [3.63, 3.8) is 0 Å². The van der Waals surface area contributed by atoms with Crippen molar-refractivity contribution < 1.29 is 15.4 Å². The van der Waals surface area contributed by atoms with Crippen molar-refractivity contribution in [2.24, 2.45) is 0 Å². The Labute approximate surface area is 72.7 Å². The summed E-state index contributed by atoms with van der Waals surface area (Å²) in [5, 5.41) is 0. The third-order valence-corrected chi connectivity index (χ3v) is 0. The van der Waals surface area contributed by atoms with Gasteiger partial charge in [-0.1, -0.05) is 0 Å². The van der Waals surface area contributed by atoms with Crippen LogP contribution in [0.5, 0.6) is 0 Å². The van der Waals surface area contributed by atoms with Crippen LogP contribution in [0.1, 0.15) is 0 Å². The molecule has 0 bridgehead atoms. The van der Waals surface area contributed by atoms with Crippen molar-refractivity contribution in [3.8, 4) is 0 Å². The summed E-state index contributed by atoms with van der Waals surface area (Å²) in [6, 6.07) is 0.